The van der Waals surface area contributed by atoms with Crippen molar-refractivity contribution in [1.82, 2.24) is 19.8 Å². The van der Waals surface area contributed by atoms with Gasteiger partial charge in [0, 0.05) is 26.0 Å². The number of hydrogen-bond donors (Lipinski definition) is 0. The summed E-state index contributed by atoms with van der Waals surface area (Å²) in [6.07, 6.45) is 1.13. The topological polar surface area (TPSA) is 98.4 Å². The SMILES string of the molecule is CCCCn1nc(C2=[N+]([O-])C(C)(C)C(C)(C)N2[O])nc1C(OC)OC. The van der Waals surface area contributed by atoms with Crippen LogP contribution in [0.1, 0.15) is 65.4 Å². The Morgan fingerprint density at radius 3 is 2.28 bits per heavy atom. The van der Waals surface area contributed by atoms with Crippen LogP contribution in [-0.2, 0) is 21.2 Å². The van der Waals surface area contributed by atoms with Gasteiger partial charge in [-0.15, -0.1) is 5.10 Å². The summed E-state index contributed by atoms with van der Waals surface area (Å²) in [5, 5.41) is 30.7. The van der Waals surface area contributed by atoms with E-state index in [1.165, 1.54) is 14.2 Å². The second kappa shape index (κ2) is 6.89. The minimum absolute atomic E-state index is 0.0857. The van der Waals surface area contributed by atoms with Crippen molar-refractivity contribution in [3.63, 3.8) is 0 Å². The number of rotatable bonds is 7. The molecule has 1 aromatic heterocycles. The maximum atomic E-state index is 12.8. The van der Waals surface area contributed by atoms with Crippen LogP contribution in [0.4, 0.5) is 0 Å². The van der Waals surface area contributed by atoms with Crippen LogP contribution in [0.2, 0.25) is 0 Å². The number of ether oxygens (including phenoxy) is 2. The van der Waals surface area contributed by atoms with Crippen LogP contribution in [0.15, 0.2) is 0 Å². The van der Waals surface area contributed by atoms with Crippen molar-refractivity contribution < 1.29 is 19.4 Å². The van der Waals surface area contributed by atoms with Gasteiger partial charge in [0.1, 0.15) is 5.54 Å². The van der Waals surface area contributed by atoms with Crippen LogP contribution in [0.5, 0.6) is 0 Å². The van der Waals surface area contributed by atoms with Gasteiger partial charge in [0.05, 0.1) is 0 Å². The molecule has 0 saturated carbocycles. The number of hydroxylamine groups is 3. The van der Waals surface area contributed by atoms with Gasteiger partial charge in [0.25, 0.3) is 5.82 Å². The van der Waals surface area contributed by atoms with Crippen molar-refractivity contribution in [2.24, 2.45) is 0 Å². The van der Waals surface area contributed by atoms with Gasteiger partial charge in [0.2, 0.25) is 6.29 Å². The van der Waals surface area contributed by atoms with Crippen LogP contribution in [0, 0.1) is 5.21 Å². The number of aromatic nitrogens is 3. The van der Waals surface area contributed by atoms with Gasteiger partial charge in [-0.3, -0.25) is 4.74 Å². The highest BCUT2D eigenvalue weighted by Gasteiger charge is 2.61. The zero-order valence-electron chi connectivity index (χ0n) is 16.1. The first-order valence-electron chi connectivity index (χ1n) is 8.45. The van der Waals surface area contributed by atoms with E-state index in [0.717, 1.165) is 12.8 Å². The fourth-order valence-electron chi connectivity index (χ4n) is 2.69. The van der Waals surface area contributed by atoms with E-state index in [9.17, 15) is 10.4 Å². The van der Waals surface area contributed by atoms with Crippen molar-refractivity contribution in [3.8, 4) is 0 Å². The number of nitrogens with zero attached hydrogens (tertiary/aromatic N) is 5. The summed E-state index contributed by atoms with van der Waals surface area (Å²) >= 11 is 0. The van der Waals surface area contributed by atoms with E-state index in [2.05, 4.69) is 17.0 Å². The van der Waals surface area contributed by atoms with Crippen LogP contribution in [-0.4, -0.2) is 55.7 Å². The number of hydrogen-bond acceptors (Lipinski definition) is 6. The summed E-state index contributed by atoms with van der Waals surface area (Å²) in [5.41, 5.74) is -1.83. The Bertz CT molecular complexity index is 649. The van der Waals surface area contributed by atoms with E-state index >= 15 is 0 Å². The molecule has 1 radical (unpaired) electrons. The Morgan fingerprint density at radius 1 is 1.24 bits per heavy atom. The summed E-state index contributed by atoms with van der Waals surface area (Å²) in [5.74, 6) is 0.441. The third-order valence-corrected chi connectivity index (χ3v) is 5.16. The molecule has 0 spiro atoms. The molecule has 1 aromatic rings. The van der Waals surface area contributed by atoms with E-state index < -0.39 is 17.4 Å². The lowest BCUT2D eigenvalue weighted by Gasteiger charge is -2.32. The molecule has 1 aliphatic rings. The van der Waals surface area contributed by atoms with Crippen LogP contribution in [0.25, 0.3) is 0 Å². The molecule has 9 heteroatoms. The molecule has 25 heavy (non-hydrogen) atoms. The maximum Gasteiger partial charge on any atom is 0.356 e. The molecule has 0 aliphatic carbocycles. The second-order valence-electron chi connectivity index (χ2n) is 7.20. The predicted octanol–water partition coefficient (Wildman–Crippen LogP) is 1.84. The first-order chi connectivity index (χ1) is 11.6. The molecule has 0 unspecified atom stereocenters. The molecule has 0 bridgehead atoms. The summed E-state index contributed by atoms with van der Waals surface area (Å²) in [4.78, 5) is 4.40. The fourth-order valence-corrected chi connectivity index (χ4v) is 2.69. The summed E-state index contributed by atoms with van der Waals surface area (Å²) in [7, 11) is 3.00. The van der Waals surface area contributed by atoms with E-state index in [0.29, 0.717) is 22.2 Å². The van der Waals surface area contributed by atoms with Gasteiger partial charge < -0.3 is 14.7 Å². The molecule has 0 amide bonds. The zero-order valence-corrected chi connectivity index (χ0v) is 16.1. The highest BCUT2D eigenvalue weighted by molar-refractivity contribution is 5.92. The Balaban J connectivity index is 2.54. The first kappa shape index (κ1) is 19.6. The third kappa shape index (κ3) is 3.00. The van der Waals surface area contributed by atoms with Crippen molar-refractivity contribution in [3.05, 3.63) is 16.9 Å². The van der Waals surface area contributed by atoms with E-state index in [1.807, 2.05) is 0 Å². The molecular weight excluding hydrogens is 326 g/mol. The Kier molecular flexibility index (Phi) is 5.41. The van der Waals surface area contributed by atoms with Crippen molar-refractivity contribution in [1.29, 1.82) is 0 Å². The van der Waals surface area contributed by atoms with Crippen molar-refractivity contribution in [2.45, 2.75) is 71.4 Å². The van der Waals surface area contributed by atoms with E-state index in [-0.39, 0.29) is 11.7 Å². The molecule has 0 saturated heterocycles. The fraction of sp³-hybridized carbons (Fsp3) is 0.812. The largest absolute Gasteiger partial charge is 0.714 e. The van der Waals surface area contributed by atoms with Gasteiger partial charge >= 0.3 is 5.84 Å². The highest BCUT2D eigenvalue weighted by Crippen LogP contribution is 2.37. The summed E-state index contributed by atoms with van der Waals surface area (Å²) < 4.78 is 12.9. The molecule has 9 nitrogen and oxygen atoms in total. The monoisotopic (exact) mass is 354 g/mol. The normalized spacial score (nSPS) is 19.3. The smallest absolute Gasteiger partial charge is 0.356 e. The van der Waals surface area contributed by atoms with Gasteiger partial charge in [-0.05, 0) is 34.1 Å². The number of methoxy groups -OCH3 is 2. The molecule has 0 aromatic carbocycles. The quantitative estimate of drug-likeness (QED) is 0.421. The Labute approximate surface area is 148 Å². The van der Waals surface area contributed by atoms with Crippen LogP contribution < -0.4 is 0 Å². The number of amidine groups is 1. The molecule has 0 fully saturated rings. The standard InChI is InChI=1S/C16H28N5O4/c1-8-9-10-19-12(14(24-6)25-7)17-11(18-19)13-20(22)15(2,3)16(4,5)21(13)23/h14H,8-10H2,1-7H3. The Morgan fingerprint density at radius 2 is 1.84 bits per heavy atom. The van der Waals surface area contributed by atoms with Crippen LogP contribution in [0.3, 0.4) is 0 Å². The molecule has 1 aliphatic heterocycles. The maximum absolute atomic E-state index is 12.8. The molecule has 0 atom stereocenters. The second-order valence-corrected chi connectivity index (χ2v) is 7.20. The zero-order chi connectivity index (χ0) is 19.0. The number of aryl methyl sites for hydroxylation is 1. The van der Waals surface area contributed by atoms with E-state index in [1.54, 1.807) is 32.4 Å². The van der Waals surface area contributed by atoms with Gasteiger partial charge in [0.15, 0.2) is 11.4 Å². The Hall–Kier alpha value is -1.71. The van der Waals surface area contributed by atoms with Crippen LogP contribution >= 0.6 is 0 Å². The third-order valence-electron chi connectivity index (χ3n) is 5.16. The van der Waals surface area contributed by atoms with Gasteiger partial charge in [-0.2, -0.15) is 4.98 Å². The van der Waals surface area contributed by atoms with Crippen molar-refractivity contribution >= 4 is 5.84 Å². The molecule has 2 heterocycles. The number of unbranched alkanes of at least 4 members (excludes halogenated alkanes) is 1. The molecule has 2 rings (SSSR count). The van der Waals surface area contributed by atoms with Gasteiger partial charge in [-0.25, -0.2) is 4.68 Å². The predicted molar refractivity (Wildman–Crippen MR) is 90.1 cm³/mol. The lowest BCUT2D eigenvalue weighted by atomic mass is 9.84. The first-order valence-corrected chi connectivity index (χ1v) is 8.45. The lowest BCUT2D eigenvalue weighted by molar-refractivity contribution is -0.539. The molecular formula is C16H28N5O4. The lowest BCUT2D eigenvalue weighted by Crippen LogP contribution is -2.53. The average Bonchev–Trinajstić information content (AvgIpc) is 3.01. The highest BCUT2D eigenvalue weighted by atomic mass is 16.7. The molecule has 141 valence electrons. The van der Waals surface area contributed by atoms with Crippen molar-refractivity contribution in [2.75, 3.05) is 14.2 Å². The molecule has 0 N–H and O–H groups in total. The summed E-state index contributed by atoms with van der Waals surface area (Å²) in [6, 6.07) is 0. The minimum atomic E-state index is -0.916. The minimum Gasteiger partial charge on any atom is -0.714 e. The summed E-state index contributed by atoms with van der Waals surface area (Å²) in [6.45, 7) is 9.61. The van der Waals surface area contributed by atoms with Gasteiger partial charge in [-0.1, -0.05) is 18.4 Å². The average molecular weight is 354 g/mol. The van der Waals surface area contributed by atoms with E-state index in [4.69, 9.17) is 9.47 Å².